The molecule has 0 aliphatic heterocycles. The molecule has 0 amide bonds. The van der Waals surface area contributed by atoms with Crippen LogP contribution in [0, 0.1) is 19.8 Å². The molecule has 3 aromatic heterocycles. The van der Waals surface area contributed by atoms with Crippen LogP contribution in [0.2, 0.25) is 0 Å². The zero-order valence-electron chi connectivity index (χ0n) is 19.7. The lowest BCUT2D eigenvalue weighted by atomic mass is 10.1. The SMILES string of the molecule is Cc1nc(NC(C)C)nc(N[C@@H]2C[C@H](CO)[C@@H](O)[C@H]2O)c1-c1cc2cc(CC=O)nc(C)c2o1. The number of carbonyl (C=O) groups is 1. The van der Waals surface area contributed by atoms with Crippen molar-refractivity contribution in [1.29, 1.82) is 0 Å². The Hall–Kier alpha value is -3.08. The van der Waals surface area contributed by atoms with Gasteiger partial charge in [-0.3, -0.25) is 4.98 Å². The minimum absolute atomic E-state index is 0.104. The van der Waals surface area contributed by atoms with Gasteiger partial charge >= 0.3 is 0 Å². The number of anilines is 2. The van der Waals surface area contributed by atoms with E-state index in [0.717, 1.165) is 11.7 Å². The molecular formula is C24H31N5O5. The molecule has 3 heterocycles. The van der Waals surface area contributed by atoms with Crippen molar-refractivity contribution in [1.82, 2.24) is 15.0 Å². The van der Waals surface area contributed by atoms with Gasteiger partial charge < -0.3 is 35.2 Å². The molecule has 3 aromatic rings. The van der Waals surface area contributed by atoms with E-state index in [4.69, 9.17) is 4.42 Å². The van der Waals surface area contributed by atoms with Gasteiger partial charge in [-0.05, 0) is 46.2 Å². The summed E-state index contributed by atoms with van der Waals surface area (Å²) in [5.41, 5.74) is 3.22. The molecule has 0 unspecified atom stereocenters. The normalized spacial score (nSPS) is 22.5. The van der Waals surface area contributed by atoms with Crippen LogP contribution in [-0.2, 0) is 11.2 Å². The zero-order chi connectivity index (χ0) is 24.6. The van der Waals surface area contributed by atoms with Crippen molar-refractivity contribution in [2.45, 2.75) is 64.8 Å². The first-order chi connectivity index (χ1) is 16.2. The van der Waals surface area contributed by atoms with Crippen molar-refractivity contribution in [2.75, 3.05) is 17.2 Å². The first-order valence-corrected chi connectivity index (χ1v) is 11.4. The van der Waals surface area contributed by atoms with Crippen LogP contribution in [0.1, 0.15) is 37.4 Å². The monoisotopic (exact) mass is 469 g/mol. The van der Waals surface area contributed by atoms with Crippen molar-refractivity contribution >= 4 is 29.0 Å². The van der Waals surface area contributed by atoms with E-state index in [0.29, 0.717) is 52.2 Å². The van der Waals surface area contributed by atoms with Gasteiger partial charge in [0.2, 0.25) is 5.95 Å². The van der Waals surface area contributed by atoms with Crippen molar-refractivity contribution in [2.24, 2.45) is 5.92 Å². The average molecular weight is 470 g/mol. The van der Waals surface area contributed by atoms with Crippen LogP contribution in [0.5, 0.6) is 0 Å². The highest BCUT2D eigenvalue weighted by atomic mass is 16.3. The number of aromatic nitrogens is 3. The van der Waals surface area contributed by atoms with Crippen LogP contribution < -0.4 is 10.6 Å². The molecule has 1 saturated carbocycles. The number of nitrogens with zero attached hydrogens (tertiary/aromatic N) is 3. The maximum atomic E-state index is 11.0. The lowest BCUT2D eigenvalue weighted by Gasteiger charge is -2.21. The van der Waals surface area contributed by atoms with E-state index in [-0.39, 0.29) is 19.1 Å². The lowest BCUT2D eigenvalue weighted by molar-refractivity contribution is -0.107. The van der Waals surface area contributed by atoms with Gasteiger partial charge in [0.25, 0.3) is 0 Å². The van der Waals surface area contributed by atoms with Gasteiger partial charge in [-0.25, -0.2) is 4.98 Å². The Morgan fingerprint density at radius 1 is 1.15 bits per heavy atom. The van der Waals surface area contributed by atoms with E-state index >= 15 is 0 Å². The number of fused-ring (bicyclic) bond motifs is 1. The molecule has 0 aromatic carbocycles. The summed E-state index contributed by atoms with van der Waals surface area (Å²) in [5, 5.41) is 37.6. The fraction of sp³-hybridized carbons (Fsp3) is 0.500. The number of aldehydes is 1. The molecule has 34 heavy (non-hydrogen) atoms. The van der Waals surface area contributed by atoms with E-state index in [1.54, 1.807) is 0 Å². The van der Waals surface area contributed by atoms with E-state index in [2.05, 4.69) is 25.6 Å². The van der Waals surface area contributed by atoms with E-state index in [1.165, 1.54) is 0 Å². The average Bonchev–Trinajstić information content (AvgIpc) is 3.30. The Morgan fingerprint density at radius 3 is 2.56 bits per heavy atom. The Kier molecular flexibility index (Phi) is 6.83. The molecule has 182 valence electrons. The van der Waals surface area contributed by atoms with Gasteiger partial charge in [-0.1, -0.05) is 0 Å². The zero-order valence-corrected chi connectivity index (χ0v) is 19.7. The summed E-state index contributed by atoms with van der Waals surface area (Å²) in [5.74, 6) is 0.963. The number of pyridine rings is 1. The molecule has 0 radical (unpaired) electrons. The Balaban J connectivity index is 1.80. The van der Waals surface area contributed by atoms with Crippen LogP contribution in [-0.4, -0.2) is 67.5 Å². The summed E-state index contributed by atoms with van der Waals surface area (Å²) in [4.78, 5) is 24.6. The third-order valence-electron chi connectivity index (χ3n) is 6.13. The summed E-state index contributed by atoms with van der Waals surface area (Å²) in [6, 6.07) is 3.28. The quantitative estimate of drug-likeness (QED) is 0.309. The Morgan fingerprint density at radius 2 is 1.91 bits per heavy atom. The predicted octanol–water partition coefficient (Wildman–Crippen LogP) is 1.98. The molecule has 4 atom stereocenters. The van der Waals surface area contributed by atoms with Crippen molar-refractivity contribution in [3.8, 4) is 11.3 Å². The largest absolute Gasteiger partial charge is 0.454 e. The second kappa shape index (κ2) is 9.65. The van der Waals surface area contributed by atoms with Gasteiger partial charge in [-0.2, -0.15) is 4.98 Å². The van der Waals surface area contributed by atoms with E-state index in [1.807, 2.05) is 39.8 Å². The number of rotatable bonds is 8. The van der Waals surface area contributed by atoms with Gasteiger partial charge in [0, 0.05) is 36.1 Å². The van der Waals surface area contributed by atoms with Crippen molar-refractivity contribution in [3.05, 3.63) is 29.2 Å². The molecule has 10 nitrogen and oxygen atoms in total. The number of aliphatic hydroxyl groups is 3. The molecule has 1 aliphatic carbocycles. The number of carbonyl (C=O) groups excluding carboxylic acids is 1. The first-order valence-electron chi connectivity index (χ1n) is 11.4. The van der Waals surface area contributed by atoms with Crippen LogP contribution in [0.15, 0.2) is 16.5 Å². The highest BCUT2D eigenvalue weighted by Crippen LogP contribution is 2.37. The number of nitrogens with one attached hydrogen (secondary N) is 2. The predicted molar refractivity (Wildman–Crippen MR) is 128 cm³/mol. The maximum Gasteiger partial charge on any atom is 0.225 e. The number of hydrogen-bond donors (Lipinski definition) is 5. The summed E-state index contributed by atoms with van der Waals surface area (Å²) in [6.45, 7) is 7.42. The summed E-state index contributed by atoms with van der Waals surface area (Å²) in [7, 11) is 0. The highest BCUT2D eigenvalue weighted by molar-refractivity contribution is 5.88. The third-order valence-corrected chi connectivity index (χ3v) is 6.13. The molecule has 0 bridgehead atoms. The maximum absolute atomic E-state index is 11.0. The van der Waals surface area contributed by atoms with Crippen molar-refractivity contribution < 1.29 is 24.5 Å². The number of aliphatic hydroxyl groups excluding tert-OH is 3. The smallest absolute Gasteiger partial charge is 0.225 e. The number of hydrogen-bond acceptors (Lipinski definition) is 10. The fourth-order valence-corrected chi connectivity index (χ4v) is 4.51. The molecule has 4 rings (SSSR count). The van der Waals surface area contributed by atoms with Gasteiger partial charge in [-0.15, -0.1) is 0 Å². The van der Waals surface area contributed by atoms with Crippen LogP contribution >= 0.6 is 0 Å². The minimum atomic E-state index is -1.06. The Labute approximate surface area is 197 Å². The Bertz CT molecular complexity index is 1190. The van der Waals surface area contributed by atoms with Crippen LogP contribution in [0.4, 0.5) is 11.8 Å². The second-order valence-corrected chi connectivity index (χ2v) is 9.16. The number of aryl methyl sites for hydroxylation is 2. The molecule has 0 spiro atoms. The topological polar surface area (TPSA) is 154 Å². The third kappa shape index (κ3) is 4.61. The first kappa shape index (κ1) is 24.1. The summed E-state index contributed by atoms with van der Waals surface area (Å²) >= 11 is 0. The molecule has 0 saturated heterocycles. The molecule has 1 aliphatic rings. The molecular weight excluding hydrogens is 438 g/mol. The van der Waals surface area contributed by atoms with Gasteiger partial charge in [0.15, 0.2) is 5.58 Å². The lowest BCUT2D eigenvalue weighted by Crippen LogP contribution is -2.35. The highest BCUT2D eigenvalue weighted by Gasteiger charge is 2.41. The van der Waals surface area contributed by atoms with Gasteiger partial charge in [0.05, 0.1) is 29.1 Å². The molecule has 5 N–H and O–H groups in total. The fourth-order valence-electron chi connectivity index (χ4n) is 4.51. The minimum Gasteiger partial charge on any atom is -0.454 e. The number of furan rings is 1. The molecule has 10 heteroatoms. The van der Waals surface area contributed by atoms with E-state index < -0.39 is 24.2 Å². The summed E-state index contributed by atoms with van der Waals surface area (Å²) in [6.07, 6.45) is -0.675. The standard InChI is InChI=1S/C24H31N5O5/c1-11(2)25-24-27-12(3)19(23(29-24)28-17-8-15(10-31)20(32)21(17)33)18-9-14-7-16(5-6-30)26-13(4)22(14)34-18/h6-7,9,11,15,17,20-21,31-33H,5,8,10H2,1-4H3,(H2,25,27,28,29)/t15-,17-,20-,21+/m1/s1. The van der Waals surface area contributed by atoms with Crippen LogP contribution in [0.3, 0.4) is 0 Å². The summed E-state index contributed by atoms with van der Waals surface area (Å²) < 4.78 is 6.17. The van der Waals surface area contributed by atoms with Gasteiger partial charge in [0.1, 0.15) is 24.0 Å². The van der Waals surface area contributed by atoms with E-state index in [9.17, 15) is 20.1 Å². The molecule has 1 fully saturated rings. The van der Waals surface area contributed by atoms with Crippen molar-refractivity contribution in [3.63, 3.8) is 0 Å². The van der Waals surface area contributed by atoms with Crippen LogP contribution in [0.25, 0.3) is 22.3 Å². The second-order valence-electron chi connectivity index (χ2n) is 9.16.